The van der Waals surface area contributed by atoms with Gasteiger partial charge in [-0.1, -0.05) is 17.6 Å². The van der Waals surface area contributed by atoms with Crippen molar-refractivity contribution in [2.45, 2.75) is 0 Å². The van der Waals surface area contributed by atoms with Crippen molar-refractivity contribution in [2.24, 2.45) is 0 Å². The molecule has 0 amide bonds. The van der Waals surface area contributed by atoms with Crippen molar-refractivity contribution in [1.82, 2.24) is 0 Å². The number of nitro groups is 1. The minimum Gasteiger partial charge on any atom is -0.412 e. The van der Waals surface area contributed by atoms with Crippen molar-refractivity contribution < 1.29 is 15.9 Å². The zero-order valence-corrected chi connectivity index (χ0v) is 6.57. The second-order valence-corrected chi connectivity index (χ2v) is 2.09. The molecule has 6 heteroatoms. The van der Waals surface area contributed by atoms with Gasteiger partial charge in [0.15, 0.2) is 0 Å². The van der Waals surface area contributed by atoms with Crippen LogP contribution in [0.15, 0.2) is 24.3 Å². The normalized spacial score (nSPS) is 7.67. The van der Waals surface area contributed by atoms with Crippen LogP contribution in [-0.4, -0.2) is 23.7 Å². The molecule has 0 radical (unpaired) electrons. The van der Waals surface area contributed by atoms with E-state index in [0.717, 1.165) is 5.46 Å². The number of nitro benzene ring substituents is 1. The van der Waals surface area contributed by atoms with Gasteiger partial charge in [0.2, 0.25) is 0 Å². The van der Waals surface area contributed by atoms with Crippen LogP contribution in [-0.2, 0) is 0 Å². The molecular weight excluding hydrogens is 161 g/mol. The Bertz CT molecular complexity index is 248. The molecule has 0 saturated carbocycles. The Morgan fingerprint density at radius 1 is 1.17 bits per heavy atom. The van der Waals surface area contributed by atoms with Gasteiger partial charge in [0.05, 0.1) is 4.92 Å². The summed E-state index contributed by atoms with van der Waals surface area (Å²) in [5.74, 6) is 0. The standard InChI is InChI=1S/C6H6BNO2.2H2O/c7-5-1-3-6(4-2-5)8(9)10;;/h1-4H,7H2;2*1H2. The van der Waals surface area contributed by atoms with Gasteiger partial charge < -0.3 is 11.0 Å². The molecule has 0 heterocycles. The number of benzene rings is 1. The van der Waals surface area contributed by atoms with Gasteiger partial charge in [-0.15, -0.1) is 0 Å². The molecule has 0 bridgehead atoms. The zero-order chi connectivity index (χ0) is 7.56. The molecule has 0 fully saturated rings. The van der Waals surface area contributed by atoms with Crippen LogP contribution >= 0.6 is 0 Å². The highest BCUT2D eigenvalue weighted by Crippen LogP contribution is 2.05. The van der Waals surface area contributed by atoms with Crippen molar-refractivity contribution in [3.8, 4) is 0 Å². The van der Waals surface area contributed by atoms with E-state index in [9.17, 15) is 10.1 Å². The molecule has 1 rings (SSSR count). The van der Waals surface area contributed by atoms with E-state index in [1.54, 1.807) is 12.1 Å². The monoisotopic (exact) mass is 171 g/mol. The first kappa shape index (κ1) is 13.2. The van der Waals surface area contributed by atoms with Crippen LogP contribution in [0.4, 0.5) is 5.69 Å². The molecule has 0 aliphatic carbocycles. The Morgan fingerprint density at radius 2 is 1.58 bits per heavy atom. The largest absolute Gasteiger partial charge is 0.412 e. The summed E-state index contributed by atoms with van der Waals surface area (Å²) < 4.78 is 0. The van der Waals surface area contributed by atoms with Gasteiger partial charge in [-0.05, 0) is 0 Å². The fourth-order valence-electron chi connectivity index (χ4n) is 0.666. The van der Waals surface area contributed by atoms with Crippen molar-refractivity contribution >= 4 is 19.0 Å². The van der Waals surface area contributed by atoms with Crippen LogP contribution in [0.1, 0.15) is 0 Å². The number of rotatable bonds is 1. The third kappa shape index (κ3) is 3.13. The molecule has 0 unspecified atom stereocenters. The fraction of sp³-hybridized carbons (Fsp3) is 0. The highest BCUT2D eigenvalue weighted by atomic mass is 16.6. The molecule has 0 aliphatic heterocycles. The van der Waals surface area contributed by atoms with E-state index in [1.807, 2.05) is 7.85 Å². The summed E-state index contributed by atoms with van der Waals surface area (Å²) in [7, 11) is 1.89. The predicted molar refractivity (Wildman–Crippen MR) is 48.5 cm³/mol. The summed E-state index contributed by atoms with van der Waals surface area (Å²) in [5, 5.41) is 10.1. The Hall–Kier alpha value is -1.40. The highest BCUT2D eigenvalue weighted by Gasteiger charge is 2.00. The van der Waals surface area contributed by atoms with Crippen LogP contribution in [0, 0.1) is 10.1 Å². The van der Waals surface area contributed by atoms with E-state index in [2.05, 4.69) is 0 Å². The lowest BCUT2D eigenvalue weighted by molar-refractivity contribution is -0.384. The maximum Gasteiger partial charge on any atom is 0.269 e. The average Bonchev–Trinajstić information content (AvgIpc) is 1.88. The van der Waals surface area contributed by atoms with E-state index >= 15 is 0 Å². The molecule has 0 atom stereocenters. The first-order valence-electron chi connectivity index (χ1n) is 2.91. The predicted octanol–water partition coefficient (Wildman–Crippen LogP) is -1.80. The van der Waals surface area contributed by atoms with Crippen LogP contribution in [0.2, 0.25) is 0 Å². The van der Waals surface area contributed by atoms with Gasteiger partial charge >= 0.3 is 0 Å². The molecule has 1 aromatic rings. The van der Waals surface area contributed by atoms with E-state index in [0.29, 0.717) is 0 Å². The Morgan fingerprint density at radius 3 is 1.92 bits per heavy atom. The van der Waals surface area contributed by atoms with Gasteiger partial charge in [-0.3, -0.25) is 10.1 Å². The van der Waals surface area contributed by atoms with Crippen molar-refractivity contribution in [3.05, 3.63) is 34.4 Å². The lowest BCUT2D eigenvalue weighted by Gasteiger charge is -1.90. The lowest BCUT2D eigenvalue weighted by Crippen LogP contribution is -2.00. The van der Waals surface area contributed by atoms with Gasteiger partial charge in [0.25, 0.3) is 5.69 Å². The third-order valence-electron chi connectivity index (χ3n) is 1.24. The molecule has 1 aromatic carbocycles. The van der Waals surface area contributed by atoms with E-state index in [1.165, 1.54) is 12.1 Å². The molecule has 4 N–H and O–H groups in total. The summed E-state index contributed by atoms with van der Waals surface area (Å²) in [6.07, 6.45) is 0. The lowest BCUT2D eigenvalue weighted by atomic mass is 9.96. The number of non-ortho nitro benzene ring substituents is 1. The van der Waals surface area contributed by atoms with Crippen LogP contribution in [0.5, 0.6) is 0 Å². The van der Waals surface area contributed by atoms with E-state index in [-0.39, 0.29) is 16.6 Å². The fourth-order valence-corrected chi connectivity index (χ4v) is 0.666. The van der Waals surface area contributed by atoms with Gasteiger partial charge in [-0.25, -0.2) is 0 Å². The Balaban J connectivity index is 0. The molecule has 0 spiro atoms. The Labute approximate surface area is 70.2 Å². The van der Waals surface area contributed by atoms with Crippen molar-refractivity contribution in [1.29, 1.82) is 0 Å². The third-order valence-corrected chi connectivity index (χ3v) is 1.24. The maximum absolute atomic E-state index is 10.1. The molecular formula is C6H10BNO4. The van der Waals surface area contributed by atoms with Gasteiger partial charge in [-0.2, -0.15) is 0 Å². The highest BCUT2D eigenvalue weighted by molar-refractivity contribution is 6.32. The molecule has 5 nitrogen and oxygen atoms in total. The summed E-state index contributed by atoms with van der Waals surface area (Å²) in [6.45, 7) is 0. The minimum atomic E-state index is -0.403. The second kappa shape index (κ2) is 5.28. The Kier molecular flexibility index (Phi) is 5.81. The topological polar surface area (TPSA) is 106 Å². The summed E-state index contributed by atoms with van der Waals surface area (Å²) in [5.41, 5.74) is 1.18. The van der Waals surface area contributed by atoms with Crippen molar-refractivity contribution in [2.75, 3.05) is 0 Å². The first-order valence-corrected chi connectivity index (χ1v) is 2.91. The quantitative estimate of drug-likeness (QED) is 0.282. The first-order chi connectivity index (χ1) is 4.70. The number of hydrogen-bond donors (Lipinski definition) is 0. The zero-order valence-electron chi connectivity index (χ0n) is 6.57. The smallest absolute Gasteiger partial charge is 0.269 e. The minimum absolute atomic E-state index is 0. The summed E-state index contributed by atoms with van der Waals surface area (Å²) in [6, 6.07) is 6.43. The van der Waals surface area contributed by atoms with Gasteiger partial charge in [0, 0.05) is 12.1 Å². The van der Waals surface area contributed by atoms with Crippen LogP contribution in [0.25, 0.3) is 0 Å². The maximum atomic E-state index is 10.1. The second-order valence-electron chi connectivity index (χ2n) is 2.09. The molecule has 66 valence electrons. The molecule has 12 heavy (non-hydrogen) atoms. The molecule has 0 saturated heterocycles. The summed E-state index contributed by atoms with van der Waals surface area (Å²) in [4.78, 5) is 9.71. The molecule has 0 aromatic heterocycles. The van der Waals surface area contributed by atoms with Gasteiger partial charge in [0.1, 0.15) is 7.85 Å². The average molecular weight is 171 g/mol. The number of nitrogens with zero attached hydrogens (tertiary/aromatic N) is 1. The van der Waals surface area contributed by atoms with Crippen LogP contribution in [0.3, 0.4) is 0 Å². The molecule has 0 aliphatic rings. The van der Waals surface area contributed by atoms with Crippen molar-refractivity contribution in [3.63, 3.8) is 0 Å². The van der Waals surface area contributed by atoms with E-state index in [4.69, 9.17) is 0 Å². The summed E-state index contributed by atoms with van der Waals surface area (Å²) >= 11 is 0. The van der Waals surface area contributed by atoms with E-state index < -0.39 is 4.92 Å². The number of hydrogen-bond acceptors (Lipinski definition) is 2. The SMILES string of the molecule is Bc1ccc([N+](=O)[O-])cc1.O.O. The van der Waals surface area contributed by atoms with Crippen LogP contribution < -0.4 is 5.46 Å².